The van der Waals surface area contributed by atoms with Crippen LogP contribution in [0.1, 0.15) is 22.5 Å². The van der Waals surface area contributed by atoms with E-state index in [2.05, 4.69) is 42.3 Å². The van der Waals surface area contributed by atoms with Gasteiger partial charge in [-0.1, -0.05) is 30.3 Å². The summed E-state index contributed by atoms with van der Waals surface area (Å²) in [5.41, 5.74) is 3.61. The second-order valence-corrected chi connectivity index (χ2v) is 6.34. The van der Waals surface area contributed by atoms with Gasteiger partial charge in [0, 0.05) is 38.4 Å². The van der Waals surface area contributed by atoms with E-state index in [1.54, 1.807) is 18.6 Å². The summed E-state index contributed by atoms with van der Waals surface area (Å²) < 4.78 is 0. The highest BCUT2D eigenvalue weighted by Gasteiger charge is 2.21. The SMILES string of the molecule is O=c1[nH]c(NCc2cnccn2)nc2c1CN(Cc1ccccc1)CC2. The highest BCUT2D eigenvalue weighted by molar-refractivity contribution is 5.31. The Kier molecular flexibility index (Phi) is 4.70. The van der Waals surface area contributed by atoms with Gasteiger partial charge in [-0.25, -0.2) is 4.98 Å². The summed E-state index contributed by atoms with van der Waals surface area (Å²) in [5.74, 6) is 0.482. The topological polar surface area (TPSA) is 86.8 Å². The second kappa shape index (κ2) is 7.45. The highest BCUT2D eigenvalue weighted by Crippen LogP contribution is 2.17. The van der Waals surface area contributed by atoms with E-state index in [-0.39, 0.29) is 5.56 Å². The average Bonchev–Trinajstić information content (AvgIpc) is 2.68. The van der Waals surface area contributed by atoms with E-state index in [9.17, 15) is 4.79 Å². The van der Waals surface area contributed by atoms with Crippen molar-refractivity contribution in [3.8, 4) is 0 Å². The minimum atomic E-state index is -0.0746. The number of rotatable bonds is 5. The Bertz CT molecular complexity index is 926. The molecule has 26 heavy (non-hydrogen) atoms. The maximum absolute atomic E-state index is 12.5. The highest BCUT2D eigenvalue weighted by atomic mass is 16.1. The van der Waals surface area contributed by atoms with Crippen molar-refractivity contribution in [3.05, 3.63) is 81.8 Å². The second-order valence-electron chi connectivity index (χ2n) is 6.34. The third-order valence-electron chi connectivity index (χ3n) is 4.45. The van der Waals surface area contributed by atoms with Gasteiger partial charge in [-0.2, -0.15) is 0 Å². The van der Waals surface area contributed by atoms with Crippen LogP contribution < -0.4 is 10.9 Å². The van der Waals surface area contributed by atoms with Crippen LogP contribution >= 0.6 is 0 Å². The molecule has 4 rings (SSSR count). The molecule has 7 nitrogen and oxygen atoms in total. The van der Waals surface area contributed by atoms with E-state index in [1.807, 2.05) is 18.2 Å². The van der Waals surface area contributed by atoms with Crippen LogP contribution in [0, 0.1) is 0 Å². The maximum Gasteiger partial charge on any atom is 0.257 e. The fourth-order valence-electron chi connectivity index (χ4n) is 3.14. The molecule has 132 valence electrons. The molecule has 1 aliphatic rings. The Balaban J connectivity index is 1.46. The lowest BCUT2D eigenvalue weighted by Crippen LogP contribution is -2.35. The number of H-pyrrole nitrogens is 1. The smallest absolute Gasteiger partial charge is 0.257 e. The number of hydrogen-bond donors (Lipinski definition) is 2. The third-order valence-corrected chi connectivity index (χ3v) is 4.45. The van der Waals surface area contributed by atoms with Crippen LogP contribution in [0.15, 0.2) is 53.7 Å². The third kappa shape index (κ3) is 3.78. The average molecular weight is 348 g/mol. The van der Waals surface area contributed by atoms with Crippen molar-refractivity contribution < 1.29 is 0 Å². The Labute approximate surface area is 151 Å². The molecule has 0 bridgehead atoms. The first kappa shape index (κ1) is 16.4. The van der Waals surface area contributed by atoms with Crippen LogP contribution in [0.3, 0.4) is 0 Å². The predicted molar refractivity (Wildman–Crippen MR) is 98.5 cm³/mol. The van der Waals surface area contributed by atoms with Gasteiger partial charge in [-0.3, -0.25) is 24.6 Å². The molecule has 2 aromatic heterocycles. The number of fused-ring (bicyclic) bond motifs is 1. The molecule has 0 spiro atoms. The number of anilines is 1. The maximum atomic E-state index is 12.5. The van der Waals surface area contributed by atoms with Crippen molar-refractivity contribution >= 4 is 5.95 Å². The lowest BCUT2D eigenvalue weighted by Gasteiger charge is -2.27. The van der Waals surface area contributed by atoms with Crippen molar-refractivity contribution in [1.29, 1.82) is 0 Å². The number of nitrogens with one attached hydrogen (secondary N) is 2. The molecule has 1 aliphatic heterocycles. The van der Waals surface area contributed by atoms with Gasteiger partial charge in [0.1, 0.15) is 0 Å². The van der Waals surface area contributed by atoms with Gasteiger partial charge in [-0.15, -0.1) is 0 Å². The monoisotopic (exact) mass is 348 g/mol. The van der Waals surface area contributed by atoms with Gasteiger partial charge in [-0.05, 0) is 5.56 Å². The van der Waals surface area contributed by atoms with E-state index in [0.717, 1.165) is 36.5 Å². The van der Waals surface area contributed by atoms with Crippen molar-refractivity contribution in [2.45, 2.75) is 26.1 Å². The Morgan fingerprint density at radius 3 is 2.88 bits per heavy atom. The lowest BCUT2D eigenvalue weighted by molar-refractivity contribution is 0.242. The number of aromatic nitrogens is 4. The van der Waals surface area contributed by atoms with Gasteiger partial charge >= 0.3 is 0 Å². The summed E-state index contributed by atoms with van der Waals surface area (Å²) in [6.07, 6.45) is 5.72. The summed E-state index contributed by atoms with van der Waals surface area (Å²) in [6.45, 7) is 2.82. The first-order chi connectivity index (χ1) is 12.8. The molecule has 0 unspecified atom stereocenters. The zero-order valence-corrected chi connectivity index (χ0v) is 14.4. The summed E-state index contributed by atoms with van der Waals surface area (Å²) in [5, 5.41) is 3.12. The molecule has 7 heteroatoms. The van der Waals surface area contributed by atoms with Gasteiger partial charge in [0.2, 0.25) is 5.95 Å². The van der Waals surface area contributed by atoms with Gasteiger partial charge < -0.3 is 5.32 Å². The fourth-order valence-corrected chi connectivity index (χ4v) is 3.14. The van der Waals surface area contributed by atoms with E-state index in [0.29, 0.717) is 19.0 Å². The van der Waals surface area contributed by atoms with Crippen LogP contribution in [-0.4, -0.2) is 31.4 Å². The van der Waals surface area contributed by atoms with Gasteiger partial charge in [0.05, 0.1) is 29.7 Å². The van der Waals surface area contributed by atoms with Crippen LogP contribution in [0.2, 0.25) is 0 Å². The fraction of sp³-hybridized carbons (Fsp3) is 0.263. The van der Waals surface area contributed by atoms with Crippen molar-refractivity contribution in [2.24, 2.45) is 0 Å². The predicted octanol–water partition coefficient (Wildman–Crippen LogP) is 1.73. The zero-order valence-electron chi connectivity index (χ0n) is 14.4. The number of hydrogen-bond acceptors (Lipinski definition) is 6. The molecular formula is C19H20N6O. The molecule has 0 amide bonds. The van der Waals surface area contributed by atoms with E-state index >= 15 is 0 Å². The number of nitrogens with zero attached hydrogens (tertiary/aromatic N) is 4. The van der Waals surface area contributed by atoms with Crippen molar-refractivity contribution in [1.82, 2.24) is 24.8 Å². The zero-order chi connectivity index (χ0) is 17.8. The van der Waals surface area contributed by atoms with Crippen LogP contribution in [0.5, 0.6) is 0 Å². The summed E-state index contributed by atoms with van der Waals surface area (Å²) in [7, 11) is 0. The Morgan fingerprint density at radius 1 is 1.19 bits per heavy atom. The molecule has 2 N–H and O–H groups in total. The lowest BCUT2D eigenvalue weighted by atomic mass is 10.1. The van der Waals surface area contributed by atoms with E-state index < -0.39 is 0 Å². The minimum absolute atomic E-state index is 0.0746. The first-order valence-electron chi connectivity index (χ1n) is 8.65. The van der Waals surface area contributed by atoms with E-state index in [1.165, 1.54) is 5.56 Å². The van der Waals surface area contributed by atoms with Gasteiger partial charge in [0.25, 0.3) is 5.56 Å². The van der Waals surface area contributed by atoms with Crippen molar-refractivity contribution in [2.75, 3.05) is 11.9 Å². The molecule has 0 saturated carbocycles. The van der Waals surface area contributed by atoms with Crippen LogP contribution in [0.4, 0.5) is 5.95 Å². The molecule has 0 aliphatic carbocycles. The molecule has 3 heterocycles. The Hall–Kier alpha value is -3.06. The summed E-state index contributed by atoms with van der Waals surface area (Å²) in [6, 6.07) is 10.3. The number of aromatic amines is 1. The molecule has 0 saturated heterocycles. The standard InChI is InChI=1S/C19H20N6O/c26-18-16-13-25(12-14-4-2-1-3-5-14)9-6-17(16)23-19(24-18)22-11-15-10-20-7-8-21-15/h1-5,7-8,10H,6,9,11-13H2,(H2,22,23,24,26). The van der Waals surface area contributed by atoms with Crippen LogP contribution in [-0.2, 0) is 26.1 Å². The molecular weight excluding hydrogens is 328 g/mol. The number of benzene rings is 1. The normalized spacial score (nSPS) is 14.0. The summed E-state index contributed by atoms with van der Waals surface area (Å²) in [4.78, 5) is 30.4. The van der Waals surface area contributed by atoms with Gasteiger partial charge in [0.15, 0.2) is 0 Å². The van der Waals surface area contributed by atoms with Crippen molar-refractivity contribution in [3.63, 3.8) is 0 Å². The molecule has 3 aromatic rings. The minimum Gasteiger partial charge on any atom is -0.350 e. The van der Waals surface area contributed by atoms with E-state index in [4.69, 9.17) is 0 Å². The molecule has 0 atom stereocenters. The largest absolute Gasteiger partial charge is 0.350 e. The molecule has 1 aromatic carbocycles. The Morgan fingerprint density at radius 2 is 2.08 bits per heavy atom. The first-order valence-corrected chi connectivity index (χ1v) is 8.65. The van der Waals surface area contributed by atoms with Crippen LogP contribution in [0.25, 0.3) is 0 Å². The summed E-state index contributed by atoms with van der Waals surface area (Å²) >= 11 is 0. The molecule has 0 fully saturated rings. The molecule has 0 radical (unpaired) electrons. The quantitative estimate of drug-likeness (QED) is 0.730.